The van der Waals surface area contributed by atoms with Gasteiger partial charge >= 0.3 is 5.97 Å². The molecule has 2 atom stereocenters. The zero-order chi connectivity index (χ0) is 17.7. The number of carboxylic acid groups (broad SMARTS) is 1. The number of hydrogen-bond donors (Lipinski definition) is 2. The lowest BCUT2D eigenvalue weighted by Crippen LogP contribution is -2.40. The number of phenolic OH excluding ortho intramolecular Hbond substituents is 1. The number of aromatic carboxylic acids is 1. The molecule has 0 saturated heterocycles. The van der Waals surface area contributed by atoms with Crippen molar-refractivity contribution in [3.8, 4) is 5.75 Å². The Morgan fingerprint density at radius 2 is 2.04 bits per heavy atom. The van der Waals surface area contributed by atoms with Gasteiger partial charge in [-0.3, -0.25) is 0 Å². The third kappa shape index (κ3) is 2.60. The highest BCUT2D eigenvalue weighted by atomic mass is 35.5. The van der Waals surface area contributed by atoms with Crippen LogP contribution in [0.5, 0.6) is 5.75 Å². The number of hydrogen-bond acceptors (Lipinski definition) is 3. The minimum atomic E-state index is -0.878. The highest BCUT2D eigenvalue weighted by molar-refractivity contribution is 6.32. The van der Waals surface area contributed by atoms with Crippen molar-refractivity contribution in [2.24, 2.45) is 0 Å². The number of rotatable bonds is 1. The molecule has 4 nitrogen and oxygen atoms in total. The summed E-state index contributed by atoms with van der Waals surface area (Å²) in [6.45, 7) is 0.920. The molecule has 4 rings (SSSR count). The van der Waals surface area contributed by atoms with E-state index in [1.54, 1.807) is 12.1 Å². The van der Waals surface area contributed by atoms with Crippen molar-refractivity contribution < 1.29 is 15.0 Å². The van der Waals surface area contributed by atoms with Crippen molar-refractivity contribution >= 4 is 17.6 Å². The molecule has 0 radical (unpaired) electrons. The fourth-order valence-corrected chi connectivity index (χ4v) is 4.67. The van der Waals surface area contributed by atoms with E-state index in [0.29, 0.717) is 16.6 Å². The van der Waals surface area contributed by atoms with Gasteiger partial charge < -0.3 is 15.1 Å². The summed E-state index contributed by atoms with van der Waals surface area (Å²) in [5.41, 5.74) is 4.58. The maximum absolute atomic E-state index is 11.6. The van der Waals surface area contributed by atoms with Crippen molar-refractivity contribution in [2.45, 2.75) is 31.2 Å². The van der Waals surface area contributed by atoms with Crippen LogP contribution in [-0.4, -0.2) is 40.7 Å². The largest absolute Gasteiger partial charge is 0.506 e. The SMILES string of the molecule is CN1CCc2cc(Cl)c(O)cc2[C@H]2c3cccc(C(=O)O)c3CC[C@@H]21. The minimum absolute atomic E-state index is 0.0497. The highest BCUT2D eigenvalue weighted by Crippen LogP contribution is 2.45. The lowest BCUT2D eigenvalue weighted by Gasteiger charge is -2.38. The topological polar surface area (TPSA) is 60.8 Å². The van der Waals surface area contributed by atoms with E-state index >= 15 is 0 Å². The predicted octanol–water partition coefficient (Wildman–Crippen LogP) is 3.68. The first kappa shape index (κ1) is 16.4. The van der Waals surface area contributed by atoms with E-state index in [1.165, 1.54) is 0 Å². The van der Waals surface area contributed by atoms with Crippen LogP contribution in [0.3, 0.4) is 0 Å². The summed E-state index contributed by atoms with van der Waals surface area (Å²) in [6.07, 6.45) is 2.53. The first-order valence-electron chi connectivity index (χ1n) is 8.54. The molecule has 0 saturated carbocycles. The van der Waals surface area contributed by atoms with Gasteiger partial charge in [0.1, 0.15) is 5.75 Å². The number of halogens is 1. The summed E-state index contributed by atoms with van der Waals surface area (Å²) in [6, 6.07) is 9.47. The Morgan fingerprint density at radius 3 is 2.80 bits per heavy atom. The second-order valence-electron chi connectivity index (χ2n) is 7.00. The standard InChI is InChI=1S/C20H20ClNO3/c1-22-8-7-11-9-16(21)18(23)10-15(11)19-13-3-2-4-14(20(24)25)12(13)5-6-17(19)22/h2-4,9-10,17,19,23H,5-8H2,1H3,(H,24,25)/t17-,19+/m0/s1. The number of carboxylic acids is 1. The maximum atomic E-state index is 11.6. The van der Waals surface area contributed by atoms with Gasteiger partial charge in [-0.25, -0.2) is 4.79 Å². The molecule has 0 spiro atoms. The monoisotopic (exact) mass is 357 g/mol. The molecule has 0 aromatic heterocycles. The molecule has 130 valence electrons. The zero-order valence-corrected chi connectivity index (χ0v) is 14.8. The quantitative estimate of drug-likeness (QED) is 0.817. The molecule has 1 aliphatic carbocycles. The summed E-state index contributed by atoms with van der Waals surface area (Å²) in [5.74, 6) is -0.740. The Labute approximate surface area is 151 Å². The fourth-order valence-electron chi connectivity index (χ4n) is 4.48. The van der Waals surface area contributed by atoms with Crippen LogP contribution < -0.4 is 0 Å². The van der Waals surface area contributed by atoms with E-state index in [0.717, 1.165) is 48.1 Å². The molecule has 2 N–H and O–H groups in total. The molecule has 0 fully saturated rings. The molecule has 2 aromatic carbocycles. The normalized spacial score (nSPS) is 22.5. The van der Waals surface area contributed by atoms with E-state index < -0.39 is 5.97 Å². The van der Waals surface area contributed by atoms with Crippen molar-refractivity contribution in [1.29, 1.82) is 0 Å². The van der Waals surface area contributed by atoms with E-state index in [2.05, 4.69) is 11.9 Å². The van der Waals surface area contributed by atoms with E-state index in [1.807, 2.05) is 18.2 Å². The van der Waals surface area contributed by atoms with Crippen LogP contribution in [0.1, 0.15) is 45.0 Å². The number of aromatic hydroxyl groups is 1. The maximum Gasteiger partial charge on any atom is 0.335 e. The first-order chi connectivity index (χ1) is 12.0. The van der Waals surface area contributed by atoms with Crippen molar-refractivity contribution in [3.63, 3.8) is 0 Å². The lowest BCUT2D eigenvalue weighted by atomic mass is 9.73. The summed E-state index contributed by atoms with van der Waals surface area (Å²) >= 11 is 6.14. The van der Waals surface area contributed by atoms with Crippen LogP contribution in [0.25, 0.3) is 0 Å². The minimum Gasteiger partial charge on any atom is -0.506 e. The molecular formula is C20H20ClNO3. The van der Waals surface area contributed by atoms with Crippen LogP contribution in [-0.2, 0) is 12.8 Å². The van der Waals surface area contributed by atoms with Gasteiger partial charge in [-0.05, 0) is 66.8 Å². The number of nitrogens with zero attached hydrogens (tertiary/aromatic N) is 1. The molecule has 0 unspecified atom stereocenters. The fraction of sp³-hybridized carbons (Fsp3) is 0.350. The molecule has 0 bridgehead atoms. The summed E-state index contributed by atoms with van der Waals surface area (Å²) in [4.78, 5) is 14.0. The van der Waals surface area contributed by atoms with Crippen LogP contribution in [0.2, 0.25) is 5.02 Å². The number of phenols is 1. The molecule has 25 heavy (non-hydrogen) atoms. The zero-order valence-electron chi connectivity index (χ0n) is 14.0. The van der Waals surface area contributed by atoms with Gasteiger partial charge in [-0.1, -0.05) is 23.7 Å². The number of carbonyl (C=O) groups is 1. The van der Waals surface area contributed by atoms with Gasteiger partial charge in [-0.2, -0.15) is 0 Å². The average molecular weight is 358 g/mol. The third-order valence-electron chi connectivity index (χ3n) is 5.70. The third-order valence-corrected chi connectivity index (χ3v) is 6.00. The Bertz CT molecular complexity index is 864. The number of likely N-dealkylation sites (N-methyl/N-ethyl adjacent to an activating group) is 1. The number of benzene rings is 2. The van der Waals surface area contributed by atoms with Crippen LogP contribution in [0, 0.1) is 0 Å². The Balaban J connectivity index is 1.96. The smallest absolute Gasteiger partial charge is 0.335 e. The molecule has 1 aliphatic heterocycles. The second kappa shape index (κ2) is 6.04. The summed E-state index contributed by atoms with van der Waals surface area (Å²) in [5, 5.41) is 20.1. The molecule has 0 amide bonds. The molecular weight excluding hydrogens is 338 g/mol. The van der Waals surface area contributed by atoms with Gasteiger partial charge in [0.2, 0.25) is 0 Å². The molecule has 1 heterocycles. The van der Waals surface area contributed by atoms with Gasteiger partial charge in [0.25, 0.3) is 0 Å². The molecule has 2 aromatic rings. The average Bonchev–Trinajstić information content (AvgIpc) is 2.72. The predicted molar refractivity (Wildman–Crippen MR) is 96.8 cm³/mol. The van der Waals surface area contributed by atoms with Gasteiger partial charge in [-0.15, -0.1) is 0 Å². The van der Waals surface area contributed by atoms with Crippen LogP contribution >= 0.6 is 11.6 Å². The second-order valence-corrected chi connectivity index (χ2v) is 7.40. The van der Waals surface area contributed by atoms with Crippen LogP contribution in [0.4, 0.5) is 0 Å². The summed E-state index contributed by atoms with van der Waals surface area (Å²) in [7, 11) is 2.12. The first-order valence-corrected chi connectivity index (χ1v) is 8.91. The lowest BCUT2D eigenvalue weighted by molar-refractivity contribution is 0.0694. The Kier molecular flexibility index (Phi) is 3.97. The van der Waals surface area contributed by atoms with Crippen molar-refractivity contribution in [2.75, 3.05) is 13.6 Å². The van der Waals surface area contributed by atoms with Gasteiger partial charge in [0.15, 0.2) is 0 Å². The Morgan fingerprint density at radius 1 is 1.24 bits per heavy atom. The van der Waals surface area contributed by atoms with E-state index in [-0.39, 0.29) is 11.7 Å². The molecule has 5 heteroatoms. The van der Waals surface area contributed by atoms with Crippen molar-refractivity contribution in [1.82, 2.24) is 4.90 Å². The Hall–Kier alpha value is -2.04. The molecule has 2 aliphatic rings. The number of fused-ring (bicyclic) bond motifs is 5. The highest BCUT2D eigenvalue weighted by Gasteiger charge is 2.38. The summed E-state index contributed by atoms with van der Waals surface area (Å²) < 4.78 is 0. The van der Waals surface area contributed by atoms with Gasteiger partial charge in [0.05, 0.1) is 10.6 Å². The van der Waals surface area contributed by atoms with Gasteiger partial charge in [0, 0.05) is 18.5 Å². The van der Waals surface area contributed by atoms with E-state index in [4.69, 9.17) is 11.6 Å². The van der Waals surface area contributed by atoms with Crippen molar-refractivity contribution in [3.05, 3.63) is 63.2 Å². The van der Waals surface area contributed by atoms with Crippen LogP contribution in [0.15, 0.2) is 30.3 Å². The van der Waals surface area contributed by atoms with E-state index in [9.17, 15) is 15.0 Å².